The lowest BCUT2D eigenvalue weighted by molar-refractivity contribution is -0.124. The largest absolute Gasteiger partial charge is 0.452 e. The van der Waals surface area contributed by atoms with E-state index in [1.807, 2.05) is 49.6 Å². The fraction of sp³-hybridized carbons (Fsp3) is 0.222. The van der Waals surface area contributed by atoms with E-state index in [-0.39, 0.29) is 24.1 Å². The quantitative estimate of drug-likeness (QED) is 0.620. The fourth-order valence-corrected chi connectivity index (χ4v) is 2.74. The van der Waals surface area contributed by atoms with Gasteiger partial charge in [0.25, 0.3) is 5.91 Å². The van der Waals surface area contributed by atoms with Crippen molar-refractivity contribution in [3.8, 4) is 0 Å². The van der Waals surface area contributed by atoms with Gasteiger partial charge in [-0.1, -0.05) is 41.9 Å². The summed E-state index contributed by atoms with van der Waals surface area (Å²) in [6.45, 7) is 1.52. The molecule has 0 unspecified atom stereocenters. The molecule has 0 spiro atoms. The molecule has 1 N–H and O–H groups in total. The molecular formula is C18H18ClNO3S. The summed E-state index contributed by atoms with van der Waals surface area (Å²) in [7, 11) is 0. The predicted octanol–water partition coefficient (Wildman–Crippen LogP) is 4.10. The Balaban J connectivity index is 1.91. The standard InChI is InChI=1S/C18H18ClNO3S/c1-12(13-6-4-3-5-7-13)20-17(21)11-23-18(22)15-10-14(24-2)8-9-16(15)19/h3-10,12H,11H2,1-2H3,(H,20,21)/t12-/m1/s1. The van der Waals surface area contributed by atoms with Crippen molar-refractivity contribution < 1.29 is 14.3 Å². The van der Waals surface area contributed by atoms with Crippen LogP contribution in [0.2, 0.25) is 5.02 Å². The number of nitrogens with one attached hydrogen (secondary N) is 1. The third kappa shape index (κ3) is 5.01. The van der Waals surface area contributed by atoms with Crippen LogP contribution in [0.15, 0.2) is 53.4 Å². The second-order valence-corrected chi connectivity index (χ2v) is 6.41. The minimum atomic E-state index is -0.613. The average molecular weight is 364 g/mol. The number of rotatable bonds is 6. The van der Waals surface area contributed by atoms with Crippen LogP contribution in [-0.4, -0.2) is 24.7 Å². The van der Waals surface area contributed by atoms with Crippen LogP contribution in [0, 0.1) is 0 Å². The normalized spacial score (nSPS) is 11.6. The van der Waals surface area contributed by atoms with Gasteiger partial charge in [0.15, 0.2) is 6.61 Å². The molecule has 0 saturated carbocycles. The molecule has 1 amide bonds. The first-order valence-electron chi connectivity index (χ1n) is 7.36. The second kappa shape index (κ2) is 8.76. The van der Waals surface area contributed by atoms with Crippen LogP contribution in [0.3, 0.4) is 0 Å². The van der Waals surface area contributed by atoms with Gasteiger partial charge in [0, 0.05) is 4.90 Å². The Kier molecular flexibility index (Phi) is 6.70. The molecule has 0 bridgehead atoms. The van der Waals surface area contributed by atoms with Crippen LogP contribution in [0.25, 0.3) is 0 Å². The Morgan fingerprint density at radius 2 is 1.92 bits per heavy atom. The third-order valence-corrected chi connectivity index (χ3v) is 4.46. The molecule has 0 radical (unpaired) electrons. The summed E-state index contributed by atoms with van der Waals surface area (Å²) in [6, 6.07) is 14.5. The predicted molar refractivity (Wildman–Crippen MR) is 96.5 cm³/mol. The van der Waals surface area contributed by atoms with Crippen molar-refractivity contribution in [1.29, 1.82) is 0 Å². The Labute approximate surface area is 150 Å². The van der Waals surface area contributed by atoms with Crippen molar-refractivity contribution in [2.75, 3.05) is 12.9 Å². The van der Waals surface area contributed by atoms with E-state index >= 15 is 0 Å². The summed E-state index contributed by atoms with van der Waals surface area (Å²) in [5.41, 5.74) is 1.24. The molecule has 6 heteroatoms. The highest BCUT2D eigenvalue weighted by atomic mass is 35.5. The van der Waals surface area contributed by atoms with E-state index in [9.17, 15) is 9.59 Å². The molecule has 0 aliphatic rings. The number of carbonyl (C=O) groups excluding carboxylic acids is 2. The van der Waals surface area contributed by atoms with Crippen molar-refractivity contribution in [2.45, 2.75) is 17.9 Å². The van der Waals surface area contributed by atoms with Crippen LogP contribution in [0.1, 0.15) is 28.9 Å². The molecule has 24 heavy (non-hydrogen) atoms. The van der Waals surface area contributed by atoms with E-state index in [0.717, 1.165) is 10.5 Å². The minimum absolute atomic E-state index is 0.166. The SMILES string of the molecule is CSc1ccc(Cl)c(C(=O)OCC(=O)N[C@H](C)c2ccccc2)c1. The zero-order valence-corrected chi connectivity index (χ0v) is 15.0. The maximum atomic E-state index is 12.1. The van der Waals surface area contributed by atoms with E-state index in [1.54, 1.807) is 12.1 Å². The molecule has 0 aromatic heterocycles. The van der Waals surface area contributed by atoms with Gasteiger partial charge in [0.05, 0.1) is 16.6 Å². The van der Waals surface area contributed by atoms with E-state index in [1.165, 1.54) is 11.8 Å². The lowest BCUT2D eigenvalue weighted by atomic mass is 10.1. The van der Waals surface area contributed by atoms with Crippen molar-refractivity contribution in [3.05, 3.63) is 64.7 Å². The number of hydrogen-bond donors (Lipinski definition) is 1. The van der Waals surface area contributed by atoms with E-state index < -0.39 is 5.97 Å². The van der Waals surface area contributed by atoms with Gasteiger partial charge in [-0.2, -0.15) is 0 Å². The molecule has 0 fully saturated rings. The number of hydrogen-bond acceptors (Lipinski definition) is 4. The average Bonchev–Trinajstić information content (AvgIpc) is 2.60. The highest BCUT2D eigenvalue weighted by molar-refractivity contribution is 7.98. The van der Waals surface area contributed by atoms with Crippen molar-refractivity contribution in [3.63, 3.8) is 0 Å². The molecule has 2 aromatic carbocycles. The molecule has 2 rings (SSSR count). The minimum Gasteiger partial charge on any atom is -0.452 e. The highest BCUT2D eigenvalue weighted by Gasteiger charge is 2.16. The molecule has 126 valence electrons. The molecule has 1 atom stereocenters. The second-order valence-electron chi connectivity index (χ2n) is 5.12. The zero-order valence-electron chi connectivity index (χ0n) is 13.4. The Hall–Kier alpha value is -1.98. The van der Waals surface area contributed by atoms with Gasteiger partial charge in [-0.15, -0.1) is 11.8 Å². The Morgan fingerprint density at radius 3 is 2.58 bits per heavy atom. The number of esters is 1. The lowest BCUT2D eigenvalue weighted by Gasteiger charge is -2.14. The lowest BCUT2D eigenvalue weighted by Crippen LogP contribution is -2.31. The van der Waals surface area contributed by atoms with E-state index in [2.05, 4.69) is 5.32 Å². The molecule has 2 aromatic rings. The summed E-state index contributed by atoms with van der Waals surface area (Å²) in [5, 5.41) is 3.09. The number of ether oxygens (including phenoxy) is 1. The fourth-order valence-electron chi connectivity index (χ4n) is 2.10. The van der Waals surface area contributed by atoms with Gasteiger partial charge in [-0.3, -0.25) is 4.79 Å². The Bertz CT molecular complexity index is 721. The molecular weight excluding hydrogens is 346 g/mol. The van der Waals surface area contributed by atoms with E-state index in [4.69, 9.17) is 16.3 Å². The van der Waals surface area contributed by atoms with Gasteiger partial charge < -0.3 is 10.1 Å². The van der Waals surface area contributed by atoms with Crippen molar-refractivity contribution in [2.24, 2.45) is 0 Å². The van der Waals surface area contributed by atoms with Crippen molar-refractivity contribution >= 4 is 35.2 Å². The summed E-state index contributed by atoms with van der Waals surface area (Å²) in [5.74, 6) is -0.977. The van der Waals surface area contributed by atoms with Gasteiger partial charge in [-0.25, -0.2) is 4.79 Å². The first-order valence-corrected chi connectivity index (χ1v) is 8.96. The Morgan fingerprint density at radius 1 is 1.21 bits per heavy atom. The molecule has 0 saturated heterocycles. The summed E-state index contributed by atoms with van der Waals surface area (Å²) < 4.78 is 5.06. The highest BCUT2D eigenvalue weighted by Crippen LogP contribution is 2.23. The van der Waals surface area contributed by atoms with Crippen molar-refractivity contribution in [1.82, 2.24) is 5.32 Å². The smallest absolute Gasteiger partial charge is 0.340 e. The maximum absolute atomic E-state index is 12.1. The molecule has 0 heterocycles. The summed E-state index contributed by atoms with van der Waals surface area (Å²) in [6.07, 6.45) is 1.90. The van der Waals surface area contributed by atoms with Crippen LogP contribution < -0.4 is 5.32 Å². The van der Waals surface area contributed by atoms with Crippen LogP contribution in [-0.2, 0) is 9.53 Å². The first kappa shape index (κ1) is 18.4. The number of thioether (sulfide) groups is 1. The monoisotopic (exact) mass is 363 g/mol. The van der Waals surface area contributed by atoms with E-state index in [0.29, 0.717) is 5.02 Å². The van der Waals surface area contributed by atoms with Crippen LogP contribution in [0.4, 0.5) is 0 Å². The topological polar surface area (TPSA) is 55.4 Å². The number of benzene rings is 2. The van der Waals surface area contributed by atoms with Gasteiger partial charge in [-0.05, 0) is 36.9 Å². The third-order valence-electron chi connectivity index (χ3n) is 3.40. The maximum Gasteiger partial charge on any atom is 0.340 e. The number of halogens is 1. The molecule has 0 aliphatic carbocycles. The summed E-state index contributed by atoms with van der Waals surface area (Å²) in [4.78, 5) is 24.9. The molecule has 0 aliphatic heterocycles. The zero-order chi connectivity index (χ0) is 17.5. The van der Waals surface area contributed by atoms with Gasteiger partial charge in [0.2, 0.25) is 0 Å². The number of amides is 1. The van der Waals surface area contributed by atoms with Gasteiger partial charge >= 0.3 is 5.97 Å². The van der Waals surface area contributed by atoms with Crippen LogP contribution in [0.5, 0.6) is 0 Å². The first-order chi connectivity index (χ1) is 11.5. The summed E-state index contributed by atoms with van der Waals surface area (Å²) >= 11 is 7.51. The number of carbonyl (C=O) groups is 2. The van der Waals surface area contributed by atoms with Crippen LogP contribution >= 0.6 is 23.4 Å². The molecule has 4 nitrogen and oxygen atoms in total. The van der Waals surface area contributed by atoms with Gasteiger partial charge in [0.1, 0.15) is 0 Å².